The van der Waals surface area contributed by atoms with Gasteiger partial charge in [0.05, 0.1) is 7.11 Å². The van der Waals surface area contributed by atoms with Crippen LogP contribution in [-0.2, 0) is 19.1 Å². The zero-order chi connectivity index (χ0) is 18.4. The Morgan fingerprint density at radius 1 is 1.16 bits per heavy atom. The Balaban J connectivity index is 2.36. The van der Waals surface area contributed by atoms with Crippen molar-refractivity contribution in [3.05, 3.63) is 36.0 Å². The summed E-state index contributed by atoms with van der Waals surface area (Å²) in [6.45, 7) is 6.14. The van der Waals surface area contributed by atoms with Crippen molar-refractivity contribution < 1.29 is 19.1 Å². The summed E-state index contributed by atoms with van der Waals surface area (Å²) in [4.78, 5) is 37.3. The van der Waals surface area contributed by atoms with E-state index in [4.69, 9.17) is 4.74 Å². The van der Waals surface area contributed by atoms with Gasteiger partial charge in [-0.05, 0) is 57.4 Å². The Bertz CT molecular complexity index is 626. The van der Waals surface area contributed by atoms with Gasteiger partial charge in [-0.1, -0.05) is 29.9 Å². The van der Waals surface area contributed by atoms with Crippen LogP contribution in [0.15, 0.2) is 36.0 Å². The first-order valence-electron chi connectivity index (χ1n) is 9.06. The SMILES string of the molecule is C=C1CCC(=O)/C=C/[C@@]2(C(=O)OC)C(=O)CC[C@@H]2CC/C=C(/C)CC1. The van der Waals surface area contributed by atoms with Gasteiger partial charge in [0.25, 0.3) is 0 Å². The minimum Gasteiger partial charge on any atom is -0.468 e. The molecule has 0 aliphatic heterocycles. The average Bonchev–Trinajstić information content (AvgIpc) is 2.91. The standard InChI is InChI=1S/C21H28O4/c1-15-5-4-6-17-10-12-19(23)21(17,20(24)25-3)14-13-18(22)11-9-16(2)8-7-15/h5,13-14,17H,2,4,6-12H2,1,3H3/b14-13+,15-5-/t17-,21-/m0/s1. The highest BCUT2D eigenvalue weighted by Gasteiger charge is 2.54. The highest BCUT2D eigenvalue weighted by Crippen LogP contribution is 2.45. The van der Waals surface area contributed by atoms with Crippen LogP contribution in [0.1, 0.15) is 58.3 Å². The highest BCUT2D eigenvalue weighted by atomic mass is 16.5. The van der Waals surface area contributed by atoms with Crippen molar-refractivity contribution in [2.75, 3.05) is 7.11 Å². The summed E-state index contributed by atoms with van der Waals surface area (Å²) in [7, 11) is 1.30. The molecule has 4 nitrogen and oxygen atoms in total. The number of hydrogen-bond donors (Lipinski definition) is 0. The maximum atomic E-state index is 12.6. The molecule has 2 atom stereocenters. The van der Waals surface area contributed by atoms with Crippen molar-refractivity contribution in [2.24, 2.45) is 11.3 Å². The van der Waals surface area contributed by atoms with Crippen molar-refractivity contribution in [1.29, 1.82) is 0 Å². The molecule has 2 aliphatic rings. The van der Waals surface area contributed by atoms with Gasteiger partial charge in [-0.25, -0.2) is 0 Å². The molecule has 0 heterocycles. The summed E-state index contributed by atoms with van der Waals surface area (Å²) in [6, 6.07) is 0. The zero-order valence-corrected chi connectivity index (χ0v) is 15.3. The number of Topliss-reactive ketones (excluding diaryl/α,β-unsaturated/α-hetero) is 1. The van der Waals surface area contributed by atoms with Crippen molar-refractivity contribution >= 4 is 17.5 Å². The molecule has 0 unspecified atom stereocenters. The van der Waals surface area contributed by atoms with Gasteiger partial charge >= 0.3 is 5.97 Å². The van der Waals surface area contributed by atoms with Crippen LogP contribution in [0, 0.1) is 11.3 Å². The smallest absolute Gasteiger partial charge is 0.323 e. The fourth-order valence-corrected chi connectivity index (χ4v) is 3.83. The monoisotopic (exact) mass is 344 g/mol. The van der Waals surface area contributed by atoms with Gasteiger partial charge in [-0.15, -0.1) is 0 Å². The number of rotatable bonds is 1. The summed E-state index contributed by atoms with van der Waals surface area (Å²) in [6.07, 6.45) is 10.5. The van der Waals surface area contributed by atoms with E-state index in [1.807, 2.05) is 0 Å². The normalized spacial score (nSPS) is 32.3. The lowest BCUT2D eigenvalue weighted by Gasteiger charge is -2.28. The van der Waals surface area contributed by atoms with E-state index in [-0.39, 0.29) is 17.5 Å². The first kappa shape index (κ1) is 19.4. The fraction of sp³-hybridized carbons (Fsp3) is 0.571. The molecule has 0 saturated heterocycles. The van der Waals surface area contributed by atoms with Gasteiger partial charge < -0.3 is 4.74 Å². The lowest BCUT2D eigenvalue weighted by atomic mass is 9.74. The molecule has 0 amide bonds. The van der Waals surface area contributed by atoms with Crippen LogP contribution in [0.5, 0.6) is 0 Å². The number of methoxy groups -OCH3 is 1. The van der Waals surface area contributed by atoms with Gasteiger partial charge in [0.1, 0.15) is 5.41 Å². The van der Waals surface area contributed by atoms with Crippen LogP contribution in [0.25, 0.3) is 0 Å². The maximum Gasteiger partial charge on any atom is 0.323 e. The van der Waals surface area contributed by atoms with Crippen LogP contribution < -0.4 is 0 Å². The summed E-state index contributed by atoms with van der Waals surface area (Å²) in [5.74, 6) is -0.863. The van der Waals surface area contributed by atoms with E-state index in [0.29, 0.717) is 25.7 Å². The van der Waals surface area contributed by atoms with Crippen molar-refractivity contribution in [3.8, 4) is 0 Å². The molecule has 25 heavy (non-hydrogen) atoms. The van der Waals surface area contributed by atoms with Crippen molar-refractivity contribution in [1.82, 2.24) is 0 Å². The molecule has 0 radical (unpaired) electrons. The molecule has 2 rings (SSSR count). The number of allylic oxidation sites excluding steroid dienone is 4. The molecule has 0 bridgehead atoms. The van der Waals surface area contributed by atoms with Gasteiger partial charge in [0, 0.05) is 12.8 Å². The largest absolute Gasteiger partial charge is 0.468 e. The first-order chi connectivity index (χ1) is 11.9. The van der Waals surface area contributed by atoms with Gasteiger partial charge in [-0.2, -0.15) is 0 Å². The molecule has 0 aromatic rings. The lowest BCUT2D eigenvalue weighted by Crippen LogP contribution is -2.40. The molecule has 1 saturated carbocycles. The second kappa shape index (κ2) is 8.41. The summed E-state index contributed by atoms with van der Waals surface area (Å²) in [5.41, 5.74) is 1.05. The van der Waals surface area contributed by atoms with Crippen LogP contribution in [0.4, 0.5) is 0 Å². The molecule has 0 spiro atoms. The van der Waals surface area contributed by atoms with E-state index in [2.05, 4.69) is 19.6 Å². The number of fused-ring (bicyclic) bond motifs is 1. The second-order valence-corrected chi connectivity index (χ2v) is 7.20. The molecule has 2 aliphatic carbocycles. The topological polar surface area (TPSA) is 60.4 Å². The minimum atomic E-state index is -1.30. The Morgan fingerprint density at radius 2 is 1.88 bits per heavy atom. The fourth-order valence-electron chi connectivity index (χ4n) is 3.83. The predicted octanol–water partition coefficient (Wildman–Crippen LogP) is 4.11. The molecule has 1 fully saturated rings. The number of ketones is 2. The number of hydrogen-bond acceptors (Lipinski definition) is 4. The van der Waals surface area contributed by atoms with Crippen LogP contribution in [0.2, 0.25) is 0 Å². The van der Waals surface area contributed by atoms with E-state index < -0.39 is 11.4 Å². The maximum absolute atomic E-state index is 12.6. The van der Waals surface area contributed by atoms with Crippen LogP contribution >= 0.6 is 0 Å². The lowest BCUT2D eigenvalue weighted by molar-refractivity contribution is -0.155. The minimum absolute atomic E-state index is 0.0767. The molecule has 136 valence electrons. The second-order valence-electron chi connectivity index (χ2n) is 7.20. The summed E-state index contributed by atoms with van der Waals surface area (Å²) < 4.78 is 4.96. The quantitative estimate of drug-likeness (QED) is 0.408. The molecule has 0 aromatic heterocycles. The molecule has 0 N–H and O–H groups in total. The third kappa shape index (κ3) is 4.36. The number of carbonyl (C=O) groups excluding carboxylic acids is 3. The molecule has 0 aromatic carbocycles. The third-order valence-electron chi connectivity index (χ3n) is 5.49. The Morgan fingerprint density at radius 3 is 2.60 bits per heavy atom. The summed E-state index contributed by atoms with van der Waals surface area (Å²) >= 11 is 0. The number of esters is 1. The van der Waals surface area contributed by atoms with Gasteiger partial charge in [0.15, 0.2) is 11.6 Å². The third-order valence-corrected chi connectivity index (χ3v) is 5.49. The number of carbonyl (C=O) groups is 3. The van der Waals surface area contributed by atoms with Crippen LogP contribution in [0.3, 0.4) is 0 Å². The van der Waals surface area contributed by atoms with E-state index in [0.717, 1.165) is 31.3 Å². The van der Waals surface area contributed by atoms with E-state index in [9.17, 15) is 14.4 Å². The Labute approximate surface area is 150 Å². The Hall–Kier alpha value is -1.97. The van der Waals surface area contributed by atoms with Crippen molar-refractivity contribution in [2.45, 2.75) is 58.3 Å². The van der Waals surface area contributed by atoms with Gasteiger partial charge in [0.2, 0.25) is 0 Å². The predicted molar refractivity (Wildman–Crippen MR) is 96.9 cm³/mol. The average molecular weight is 344 g/mol. The zero-order valence-electron chi connectivity index (χ0n) is 15.3. The first-order valence-corrected chi connectivity index (χ1v) is 9.06. The van der Waals surface area contributed by atoms with Crippen molar-refractivity contribution in [3.63, 3.8) is 0 Å². The van der Waals surface area contributed by atoms with Gasteiger partial charge in [-0.3, -0.25) is 14.4 Å². The molecule has 4 heteroatoms. The molecular weight excluding hydrogens is 316 g/mol. The Kier molecular flexibility index (Phi) is 6.51. The van der Waals surface area contributed by atoms with Crippen LogP contribution in [-0.4, -0.2) is 24.6 Å². The molecular formula is C21H28O4. The van der Waals surface area contributed by atoms with E-state index in [1.165, 1.54) is 24.8 Å². The van der Waals surface area contributed by atoms with E-state index >= 15 is 0 Å². The van der Waals surface area contributed by atoms with E-state index in [1.54, 1.807) is 0 Å². The number of ether oxygens (including phenoxy) is 1. The highest BCUT2D eigenvalue weighted by molar-refractivity contribution is 6.08. The summed E-state index contributed by atoms with van der Waals surface area (Å²) in [5, 5.41) is 0.